The molecule has 6 nitrogen and oxygen atoms in total. The molecule has 1 fully saturated rings. The Balaban J connectivity index is 1.52. The maximum Gasteiger partial charge on any atom is 0.286 e. The standard InChI is InChI=1S/C28H24ClN5O/c1-32(22-15-16-22)17-19-7-9-20(10-8-19)26-31-27-25(30-18-33(27)23-5-3-2-4-6-23)28(35)34(26)24-13-11-21(29)12-14-24/h2-14,18,22H,15-17H2,1H3. The number of halogens is 1. The molecule has 0 unspecified atom stereocenters. The van der Waals surface area contributed by atoms with Crippen molar-refractivity contribution < 1.29 is 0 Å². The molecule has 1 aliphatic carbocycles. The molecule has 1 aliphatic rings. The summed E-state index contributed by atoms with van der Waals surface area (Å²) < 4.78 is 3.47. The van der Waals surface area contributed by atoms with Crippen molar-refractivity contribution in [2.75, 3.05) is 7.05 Å². The summed E-state index contributed by atoms with van der Waals surface area (Å²) in [5, 5.41) is 0.606. The van der Waals surface area contributed by atoms with Gasteiger partial charge in [0, 0.05) is 28.9 Å². The SMILES string of the molecule is CN(Cc1ccc(-c2nc3c(ncn3-c3ccccc3)c(=O)n2-c2ccc(Cl)cc2)cc1)C1CC1. The maximum absolute atomic E-state index is 13.8. The van der Waals surface area contributed by atoms with Gasteiger partial charge in [-0.3, -0.25) is 18.8 Å². The number of hydrogen-bond acceptors (Lipinski definition) is 4. The van der Waals surface area contributed by atoms with Gasteiger partial charge in [0.05, 0.1) is 5.69 Å². The molecule has 2 aromatic heterocycles. The Labute approximate surface area is 208 Å². The second-order valence-corrected chi connectivity index (χ2v) is 9.45. The minimum atomic E-state index is -0.223. The van der Waals surface area contributed by atoms with Gasteiger partial charge in [0.2, 0.25) is 0 Å². The van der Waals surface area contributed by atoms with E-state index >= 15 is 0 Å². The number of fused-ring (bicyclic) bond motifs is 1. The van der Waals surface area contributed by atoms with Crippen molar-refractivity contribution in [2.24, 2.45) is 0 Å². The predicted octanol–water partition coefficient (Wildman–Crippen LogP) is 5.49. The predicted molar refractivity (Wildman–Crippen MR) is 139 cm³/mol. The summed E-state index contributed by atoms with van der Waals surface area (Å²) in [6, 6.07) is 26.0. The van der Waals surface area contributed by atoms with Crippen molar-refractivity contribution in [3.63, 3.8) is 0 Å². The fourth-order valence-electron chi connectivity index (χ4n) is 4.44. The second-order valence-electron chi connectivity index (χ2n) is 9.02. The second kappa shape index (κ2) is 8.80. The summed E-state index contributed by atoms with van der Waals surface area (Å²) in [4.78, 5) is 25.6. The molecule has 0 bridgehead atoms. The van der Waals surface area contributed by atoms with Crippen LogP contribution in [-0.4, -0.2) is 37.1 Å². The highest BCUT2D eigenvalue weighted by Gasteiger charge is 2.26. The Morgan fingerprint density at radius 1 is 0.943 bits per heavy atom. The average molecular weight is 482 g/mol. The number of imidazole rings is 1. The van der Waals surface area contributed by atoms with Gasteiger partial charge in [-0.15, -0.1) is 0 Å². The van der Waals surface area contributed by atoms with Crippen molar-refractivity contribution in [1.29, 1.82) is 0 Å². The smallest absolute Gasteiger partial charge is 0.286 e. The van der Waals surface area contributed by atoms with Gasteiger partial charge in [-0.2, -0.15) is 0 Å². The molecular weight excluding hydrogens is 458 g/mol. The van der Waals surface area contributed by atoms with Crippen LogP contribution in [0.1, 0.15) is 18.4 Å². The lowest BCUT2D eigenvalue weighted by molar-refractivity contribution is 0.316. The third kappa shape index (κ3) is 4.16. The quantitative estimate of drug-likeness (QED) is 0.322. The van der Waals surface area contributed by atoms with E-state index < -0.39 is 0 Å². The van der Waals surface area contributed by atoms with Crippen LogP contribution in [0, 0.1) is 0 Å². The van der Waals surface area contributed by atoms with Crippen molar-refractivity contribution in [3.05, 3.63) is 106 Å². The highest BCUT2D eigenvalue weighted by molar-refractivity contribution is 6.30. The molecule has 3 aromatic carbocycles. The normalized spacial score (nSPS) is 13.6. The van der Waals surface area contributed by atoms with Crippen LogP contribution in [0.15, 0.2) is 90.0 Å². The molecule has 0 saturated heterocycles. The number of nitrogens with zero attached hydrogens (tertiary/aromatic N) is 5. The zero-order valence-corrected chi connectivity index (χ0v) is 20.1. The van der Waals surface area contributed by atoms with E-state index in [1.807, 2.05) is 59.2 Å². The molecule has 2 heterocycles. The minimum Gasteiger partial charge on any atom is -0.299 e. The Morgan fingerprint density at radius 3 is 2.34 bits per heavy atom. The number of aromatic nitrogens is 4. The van der Waals surface area contributed by atoms with Crippen molar-refractivity contribution in [3.8, 4) is 22.8 Å². The first-order chi connectivity index (χ1) is 17.1. The summed E-state index contributed by atoms with van der Waals surface area (Å²) in [6.45, 7) is 0.905. The molecule has 5 aromatic rings. The van der Waals surface area contributed by atoms with Gasteiger partial charge in [0.1, 0.15) is 12.2 Å². The van der Waals surface area contributed by atoms with Crippen LogP contribution < -0.4 is 5.56 Å². The first kappa shape index (κ1) is 21.8. The molecule has 35 heavy (non-hydrogen) atoms. The van der Waals surface area contributed by atoms with Crippen LogP contribution in [-0.2, 0) is 6.54 Å². The summed E-state index contributed by atoms with van der Waals surface area (Å²) in [5.74, 6) is 0.560. The van der Waals surface area contributed by atoms with Gasteiger partial charge in [-0.25, -0.2) is 9.97 Å². The molecule has 0 spiro atoms. The van der Waals surface area contributed by atoms with Gasteiger partial charge in [0.15, 0.2) is 11.2 Å². The third-order valence-corrected chi connectivity index (χ3v) is 6.76. The number of para-hydroxylation sites is 1. The Bertz CT molecular complexity index is 1550. The number of benzene rings is 3. The average Bonchev–Trinajstić information content (AvgIpc) is 3.65. The lowest BCUT2D eigenvalue weighted by Crippen LogP contribution is -2.22. The zero-order chi connectivity index (χ0) is 23.9. The molecule has 7 heteroatoms. The van der Waals surface area contributed by atoms with E-state index in [9.17, 15) is 4.79 Å². The van der Waals surface area contributed by atoms with Crippen LogP contribution in [0.2, 0.25) is 5.02 Å². The van der Waals surface area contributed by atoms with E-state index in [2.05, 4.69) is 29.1 Å². The van der Waals surface area contributed by atoms with Crippen molar-refractivity contribution in [1.82, 2.24) is 24.0 Å². The molecule has 174 valence electrons. The first-order valence-corrected chi connectivity index (χ1v) is 12.1. The number of hydrogen-bond donors (Lipinski definition) is 0. The van der Waals surface area contributed by atoms with Crippen LogP contribution in [0.3, 0.4) is 0 Å². The molecule has 0 aliphatic heterocycles. The summed E-state index contributed by atoms with van der Waals surface area (Å²) in [6.07, 6.45) is 4.21. The van der Waals surface area contributed by atoms with Crippen molar-refractivity contribution in [2.45, 2.75) is 25.4 Å². The molecule has 1 saturated carbocycles. The lowest BCUT2D eigenvalue weighted by Gasteiger charge is -2.16. The first-order valence-electron chi connectivity index (χ1n) is 11.7. The Morgan fingerprint density at radius 2 is 1.66 bits per heavy atom. The monoisotopic (exact) mass is 481 g/mol. The largest absolute Gasteiger partial charge is 0.299 e. The number of rotatable bonds is 6. The van der Waals surface area contributed by atoms with Gasteiger partial charge in [-0.1, -0.05) is 54.1 Å². The van der Waals surface area contributed by atoms with Gasteiger partial charge in [-0.05, 0) is 61.9 Å². The van der Waals surface area contributed by atoms with E-state index in [1.165, 1.54) is 18.4 Å². The molecule has 6 rings (SSSR count). The summed E-state index contributed by atoms with van der Waals surface area (Å²) in [5.41, 5.74) is 4.30. The highest BCUT2D eigenvalue weighted by Crippen LogP contribution is 2.28. The zero-order valence-electron chi connectivity index (χ0n) is 19.3. The minimum absolute atomic E-state index is 0.223. The fraction of sp³-hybridized carbons (Fsp3) is 0.179. The topological polar surface area (TPSA) is 56.0 Å². The van der Waals surface area contributed by atoms with Crippen LogP contribution >= 0.6 is 11.6 Å². The van der Waals surface area contributed by atoms with E-state index in [0.29, 0.717) is 33.7 Å². The lowest BCUT2D eigenvalue weighted by atomic mass is 10.1. The van der Waals surface area contributed by atoms with Gasteiger partial charge >= 0.3 is 0 Å². The van der Waals surface area contributed by atoms with E-state index in [4.69, 9.17) is 16.6 Å². The maximum atomic E-state index is 13.8. The van der Waals surface area contributed by atoms with E-state index in [1.54, 1.807) is 23.0 Å². The molecular formula is C28H24ClN5O. The Kier molecular flexibility index (Phi) is 5.47. The van der Waals surface area contributed by atoms with Crippen LogP contribution in [0.5, 0.6) is 0 Å². The summed E-state index contributed by atoms with van der Waals surface area (Å²) >= 11 is 6.12. The molecule has 0 amide bonds. The fourth-order valence-corrected chi connectivity index (χ4v) is 4.57. The van der Waals surface area contributed by atoms with Crippen molar-refractivity contribution >= 4 is 22.8 Å². The highest BCUT2D eigenvalue weighted by atomic mass is 35.5. The molecule has 0 atom stereocenters. The molecule has 0 radical (unpaired) electrons. The van der Waals surface area contributed by atoms with Crippen LogP contribution in [0.4, 0.5) is 0 Å². The van der Waals surface area contributed by atoms with Gasteiger partial charge in [0.25, 0.3) is 5.56 Å². The van der Waals surface area contributed by atoms with Crippen LogP contribution in [0.25, 0.3) is 33.9 Å². The summed E-state index contributed by atoms with van der Waals surface area (Å²) in [7, 11) is 2.17. The Hall–Kier alpha value is -3.74. The van der Waals surface area contributed by atoms with E-state index in [0.717, 1.165) is 17.8 Å². The molecule has 0 N–H and O–H groups in total. The third-order valence-electron chi connectivity index (χ3n) is 6.51. The van der Waals surface area contributed by atoms with E-state index in [-0.39, 0.29) is 5.56 Å². The van der Waals surface area contributed by atoms with Gasteiger partial charge < -0.3 is 0 Å².